The van der Waals surface area contributed by atoms with Crippen LogP contribution < -0.4 is 10.2 Å². The highest BCUT2D eigenvalue weighted by molar-refractivity contribution is 7.91. The van der Waals surface area contributed by atoms with E-state index >= 15 is 0 Å². The number of aromatic nitrogens is 1. The van der Waals surface area contributed by atoms with E-state index in [0.717, 1.165) is 17.9 Å². The molecule has 2 heterocycles. The SMILES string of the molecule is CNCc1cccnc1N1CCS(=O)(=O)CC1C. The summed E-state index contributed by atoms with van der Waals surface area (Å²) in [5, 5.41) is 3.11. The molecule has 1 aliphatic heterocycles. The Kier molecular flexibility index (Phi) is 3.87. The van der Waals surface area contributed by atoms with Crippen LogP contribution in [-0.2, 0) is 16.4 Å². The van der Waals surface area contributed by atoms with Crippen molar-refractivity contribution in [3.63, 3.8) is 0 Å². The Hall–Kier alpha value is -1.14. The summed E-state index contributed by atoms with van der Waals surface area (Å²) in [7, 11) is -0.993. The largest absolute Gasteiger partial charge is 0.352 e. The molecular formula is C12H19N3O2S. The first-order valence-electron chi connectivity index (χ1n) is 6.09. The zero-order valence-electron chi connectivity index (χ0n) is 10.8. The van der Waals surface area contributed by atoms with Crippen LogP contribution in [0.15, 0.2) is 18.3 Å². The molecule has 0 aliphatic carbocycles. The molecule has 0 spiro atoms. The zero-order chi connectivity index (χ0) is 13.2. The van der Waals surface area contributed by atoms with Crippen LogP contribution in [0.1, 0.15) is 12.5 Å². The molecule has 5 nitrogen and oxygen atoms in total. The van der Waals surface area contributed by atoms with E-state index in [2.05, 4.69) is 15.2 Å². The van der Waals surface area contributed by atoms with Crippen LogP contribution in [-0.4, -0.2) is 44.5 Å². The summed E-state index contributed by atoms with van der Waals surface area (Å²) in [6.45, 7) is 3.20. The first-order valence-corrected chi connectivity index (χ1v) is 7.91. The van der Waals surface area contributed by atoms with Gasteiger partial charge in [-0.05, 0) is 20.0 Å². The van der Waals surface area contributed by atoms with Gasteiger partial charge in [-0.1, -0.05) is 6.07 Å². The molecule has 1 atom stereocenters. The average molecular weight is 269 g/mol. The second-order valence-electron chi connectivity index (χ2n) is 4.67. The highest BCUT2D eigenvalue weighted by atomic mass is 32.2. The van der Waals surface area contributed by atoms with Crippen molar-refractivity contribution in [2.24, 2.45) is 0 Å². The second kappa shape index (κ2) is 5.24. The maximum Gasteiger partial charge on any atom is 0.154 e. The normalized spacial score (nSPS) is 23.0. The van der Waals surface area contributed by atoms with E-state index in [-0.39, 0.29) is 17.5 Å². The molecule has 100 valence electrons. The van der Waals surface area contributed by atoms with Gasteiger partial charge in [0.25, 0.3) is 0 Å². The first-order chi connectivity index (χ1) is 8.53. The topological polar surface area (TPSA) is 62.3 Å². The summed E-state index contributed by atoms with van der Waals surface area (Å²) < 4.78 is 23.2. The number of nitrogens with one attached hydrogen (secondary N) is 1. The molecule has 0 radical (unpaired) electrons. The lowest BCUT2D eigenvalue weighted by atomic mass is 10.2. The number of hydrogen-bond donors (Lipinski definition) is 1. The summed E-state index contributed by atoms with van der Waals surface area (Å²) in [5.41, 5.74) is 1.10. The van der Waals surface area contributed by atoms with E-state index in [1.54, 1.807) is 6.20 Å². The fourth-order valence-corrected chi connectivity index (χ4v) is 3.89. The molecule has 0 aromatic carbocycles. The number of sulfone groups is 1. The van der Waals surface area contributed by atoms with Gasteiger partial charge >= 0.3 is 0 Å². The minimum atomic E-state index is -2.88. The fraction of sp³-hybridized carbons (Fsp3) is 0.583. The van der Waals surface area contributed by atoms with Crippen molar-refractivity contribution in [3.8, 4) is 0 Å². The van der Waals surface area contributed by atoms with Crippen molar-refractivity contribution in [2.75, 3.05) is 30.0 Å². The molecule has 0 saturated carbocycles. The Morgan fingerprint density at radius 2 is 2.33 bits per heavy atom. The summed E-state index contributed by atoms with van der Waals surface area (Å²) in [6, 6.07) is 3.91. The van der Waals surface area contributed by atoms with Crippen LogP contribution >= 0.6 is 0 Å². The molecule has 2 rings (SSSR count). The number of rotatable bonds is 3. The van der Waals surface area contributed by atoms with E-state index in [9.17, 15) is 8.42 Å². The Balaban J connectivity index is 2.27. The molecule has 0 bridgehead atoms. The molecular weight excluding hydrogens is 250 g/mol. The second-order valence-corrected chi connectivity index (χ2v) is 6.90. The van der Waals surface area contributed by atoms with Gasteiger partial charge in [0.2, 0.25) is 0 Å². The minimum Gasteiger partial charge on any atom is -0.352 e. The molecule has 1 aromatic rings. The Labute approximate surface area is 108 Å². The van der Waals surface area contributed by atoms with Crippen molar-refractivity contribution < 1.29 is 8.42 Å². The van der Waals surface area contributed by atoms with Gasteiger partial charge in [-0.25, -0.2) is 13.4 Å². The van der Waals surface area contributed by atoms with Crippen LogP contribution in [0.4, 0.5) is 5.82 Å². The van der Waals surface area contributed by atoms with Gasteiger partial charge in [0.15, 0.2) is 9.84 Å². The Bertz CT molecular complexity index is 516. The van der Waals surface area contributed by atoms with E-state index in [4.69, 9.17) is 0 Å². The number of nitrogens with zero attached hydrogens (tertiary/aromatic N) is 2. The molecule has 1 aromatic heterocycles. The predicted molar refractivity (Wildman–Crippen MR) is 72.5 cm³/mol. The molecule has 1 fully saturated rings. The van der Waals surface area contributed by atoms with Crippen LogP contribution in [0.3, 0.4) is 0 Å². The van der Waals surface area contributed by atoms with Gasteiger partial charge in [-0.3, -0.25) is 0 Å². The lowest BCUT2D eigenvalue weighted by Crippen LogP contribution is -2.47. The molecule has 1 aliphatic rings. The summed E-state index contributed by atoms with van der Waals surface area (Å²) in [5.74, 6) is 1.32. The molecule has 18 heavy (non-hydrogen) atoms. The third kappa shape index (κ3) is 2.81. The molecule has 1 saturated heterocycles. The highest BCUT2D eigenvalue weighted by Gasteiger charge is 2.29. The maximum atomic E-state index is 11.6. The number of anilines is 1. The fourth-order valence-electron chi connectivity index (χ4n) is 2.33. The van der Waals surface area contributed by atoms with Gasteiger partial charge in [0.1, 0.15) is 5.82 Å². The minimum absolute atomic E-state index is 0.0192. The van der Waals surface area contributed by atoms with Crippen molar-refractivity contribution in [1.29, 1.82) is 0 Å². The van der Waals surface area contributed by atoms with Crippen LogP contribution in [0.2, 0.25) is 0 Å². The first kappa shape index (κ1) is 13.3. The number of hydrogen-bond acceptors (Lipinski definition) is 5. The monoisotopic (exact) mass is 269 g/mol. The molecule has 0 amide bonds. The third-order valence-corrected chi connectivity index (χ3v) is 4.97. The average Bonchev–Trinajstić information content (AvgIpc) is 2.30. The van der Waals surface area contributed by atoms with Gasteiger partial charge in [0.05, 0.1) is 11.5 Å². The zero-order valence-corrected chi connectivity index (χ0v) is 11.6. The van der Waals surface area contributed by atoms with Crippen molar-refractivity contribution in [3.05, 3.63) is 23.9 Å². The smallest absolute Gasteiger partial charge is 0.154 e. The van der Waals surface area contributed by atoms with Crippen LogP contribution in [0.5, 0.6) is 0 Å². The maximum absolute atomic E-state index is 11.6. The van der Waals surface area contributed by atoms with Crippen LogP contribution in [0, 0.1) is 0 Å². The van der Waals surface area contributed by atoms with E-state index in [1.165, 1.54) is 0 Å². The molecule has 1 unspecified atom stereocenters. The summed E-state index contributed by atoms with van der Waals surface area (Å²) in [4.78, 5) is 6.50. The Morgan fingerprint density at radius 1 is 1.56 bits per heavy atom. The standard InChI is InChI=1S/C12H19N3O2S/c1-10-9-18(16,17)7-6-15(10)12-11(8-13-2)4-3-5-14-12/h3-5,10,13H,6-9H2,1-2H3. The van der Waals surface area contributed by atoms with Gasteiger partial charge in [0, 0.05) is 30.9 Å². The van der Waals surface area contributed by atoms with Crippen molar-refractivity contribution >= 4 is 15.7 Å². The van der Waals surface area contributed by atoms with E-state index < -0.39 is 9.84 Å². The summed E-state index contributed by atoms with van der Waals surface area (Å²) >= 11 is 0. The van der Waals surface area contributed by atoms with Crippen molar-refractivity contribution in [2.45, 2.75) is 19.5 Å². The lowest BCUT2D eigenvalue weighted by molar-refractivity contribution is 0.566. The Morgan fingerprint density at radius 3 is 3.00 bits per heavy atom. The van der Waals surface area contributed by atoms with Crippen LogP contribution in [0.25, 0.3) is 0 Å². The van der Waals surface area contributed by atoms with Crippen molar-refractivity contribution in [1.82, 2.24) is 10.3 Å². The quantitative estimate of drug-likeness (QED) is 0.862. The highest BCUT2D eigenvalue weighted by Crippen LogP contribution is 2.23. The van der Waals surface area contributed by atoms with Gasteiger partial charge in [-0.15, -0.1) is 0 Å². The van der Waals surface area contributed by atoms with E-state index in [1.807, 2.05) is 26.1 Å². The third-order valence-electron chi connectivity index (χ3n) is 3.18. The number of pyridine rings is 1. The van der Waals surface area contributed by atoms with E-state index in [0.29, 0.717) is 6.54 Å². The molecule has 1 N–H and O–H groups in total. The van der Waals surface area contributed by atoms with Gasteiger partial charge in [-0.2, -0.15) is 0 Å². The molecule has 6 heteroatoms. The van der Waals surface area contributed by atoms with Gasteiger partial charge < -0.3 is 10.2 Å². The lowest BCUT2D eigenvalue weighted by Gasteiger charge is -2.35. The summed E-state index contributed by atoms with van der Waals surface area (Å²) in [6.07, 6.45) is 1.75. The predicted octanol–water partition coefficient (Wildman–Crippen LogP) is 0.424.